The molecule has 0 aliphatic heterocycles. The number of carbonyl (C=O) groups excluding carboxylic acids is 4. The number of nitrogens with zero attached hydrogens (tertiary/aromatic N) is 3. The van der Waals surface area contributed by atoms with Gasteiger partial charge in [-0.1, -0.05) is 71.2 Å². The highest BCUT2D eigenvalue weighted by atomic mass is 35.5. The molecule has 6 aromatic rings. The fourth-order valence-electron chi connectivity index (χ4n) is 5.63. The number of methoxy groups -OCH3 is 2. The molecule has 0 saturated carbocycles. The molecular formula is C49H54Cl3N7O7. The first kappa shape index (κ1) is 53.8. The second kappa shape index (κ2) is 31.3. The number of esters is 2. The van der Waals surface area contributed by atoms with Crippen molar-refractivity contribution in [1.82, 2.24) is 20.4 Å². The Morgan fingerprint density at radius 3 is 1.48 bits per heavy atom. The van der Waals surface area contributed by atoms with E-state index < -0.39 is 11.9 Å². The van der Waals surface area contributed by atoms with Gasteiger partial charge in [-0.2, -0.15) is 0 Å². The second-order valence-electron chi connectivity index (χ2n) is 13.8. The van der Waals surface area contributed by atoms with Crippen LogP contribution in [-0.2, 0) is 38.4 Å². The third kappa shape index (κ3) is 21.9. The fourth-order valence-corrected chi connectivity index (χ4v) is 6.27. The summed E-state index contributed by atoms with van der Waals surface area (Å²) in [6, 6.07) is 33.4. The van der Waals surface area contributed by atoms with Crippen molar-refractivity contribution in [1.29, 1.82) is 0 Å². The molecule has 3 aromatic heterocycles. The van der Waals surface area contributed by atoms with E-state index in [2.05, 4.69) is 52.7 Å². The van der Waals surface area contributed by atoms with Crippen molar-refractivity contribution in [2.45, 2.75) is 45.4 Å². The van der Waals surface area contributed by atoms with Gasteiger partial charge >= 0.3 is 11.9 Å². The number of carbonyl (C=O) groups is 4. The van der Waals surface area contributed by atoms with E-state index in [4.69, 9.17) is 45.4 Å². The van der Waals surface area contributed by atoms with E-state index in [-0.39, 0.29) is 11.6 Å². The summed E-state index contributed by atoms with van der Waals surface area (Å²) in [6.07, 6.45) is 10.7. The number of hydrogen-bond donors (Lipinski definition) is 4. The lowest BCUT2D eigenvalue weighted by molar-refractivity contribution is -0.107. The van der Waals surface area contributed by atoms with Gasteiger partial charge in [0.15, 0.2) is 0 Å². The summed E-state index contributed by atoms with van der Waals surface area (Å²) < 4.78 is 9.08. The number of amides is 1. The van der Waals surface area contributed by atoms with Crippen molar-refractivity contribution < 1.29 is 33.5 Å². The number of aldehydes is 1. The number of hydroxylamine groups is 1. The van der Waals surface area contributed by atoms with E-state index >= 15 is 0 Å². The molecule has 0 atom stereocenters. The molecule has 0 unspecified atom stereocenters. The number of pyridine rings is 3. The molecule has 3 aromatic carbocycles. The van der Waals surface area contributed by atoms with Crippen LogP contribution in [0.25, 0.3) is 0 Å². The predicted octanol–water partition coefficient (Wildman–Crippen LogP) is 9.95. The van der Waals surface area contributed by atoms with E-state index in [0.717, 1.165) is 83.5 Å². The number of nitrogens with two attached hydrogens (primary N) is 1. The molecule has 348 valence electrons. The summed E-state index contributed by atoms with van der Waals surface area (Å²) in [5.41, 5.74) is 14.3. The van der Waals surface area contributed by atoms with Gasteiger partial charge in [-0.25, -0.2) is 25.0 Å². The lowest BCUT2D eigenvalue weighted by Crippen LogP contribution is -2.24. The van der Waals surface area contributed by atoms with Crippen LogP contribution in [0.1, 0.15) is 74.3 Å². The Morgan fingerprint density at radius 1 is 0.606 bits per heavy atom. The molecule has 14 nitrogen and oxygen atoms in total. The number of nitrogen functional groups attached to an aromatic ring is 1. The van der Waals surface area contributed by atoms with Crippen molar-refractivity contribution in [3.8, 4) is 0 Å². The van der Waals surface area contributed by atoms with Crippen molar-refractivity contribution in [3.05, 3.63) is 177 Å². The Balaban J connectivity index is 0.000000246. The maximum Gasteiger partial charge on any atom is 0.356 e. The summed E-state index contributed by atoms with van der Waals surface area (Å²) in [5, 5.41) is 8.81. The lowest BCUT2D eigenvalue weighted by atomic mass is 10.1. The number of halogens is 3. The van der Waals surface area contributed by atoms with Gasteiger partial charge in [-0.3, -0.25) is 14.6 Å². The van der Waals surface area contributed by atoms with Crippen LogP contribution in [0, 0.1) is 0 Å². The Labute approximate surface area is 400 Å². The Kier molecular flexibility index (Phi) is 25.5. The predicted molar refractivity (Wildman–Crippen MR) is 261 cm³/mol. The van der Waals surface area contributed by atoms with Crippen LogP contribution >= 0.6 is 34.8 Å². The number of aryl methyl sites for hydroxylation is 3. The molecule has 6 rings (SSSR count). The van der Waals surface area contributed by atoms with Gasteiger partial charge in [0.1, 0.15) is 23.4 Å². The van der Waals surface area contributed by atoms with E-state index in [1.165, 1.54) is 37.6 Å². The van der Waals surface area contributed by atoms with Crippen LogP contribution in [-0.4, -0.2) is 73.0 Å². The zero-order valence-electron chi connectivity index (χ0n) is 37.0. The lowest BCUT2D eigenvalue weighted by Gasteiger charge is -2.08. The topological polar surface area (TPSA) is 197 Å². The molecule has 5 N–H and O–H groups in total. The standard InChI is InChI=1S/C17H20ClN3O2.C16H17ClN2O2.C9H9ClO.C7H8N2O2/c1-2-23-21-17(22)16-12-15(8-10-20-16)19-9-4-6-13-5-3-7-14(18)11-13;1-21-16(20)15-11-14(7-9-19-15)18-8-3-5-12-4-2-6-13(17)10-12;10-9-5-1-3-8(7-9)4-2-6-11;1-11-7(10)6-4-5(8)2-3-9-6/h3,5,7-8,10-12H,2,4,6,9H2,1H3,(H,19,20)(H,21,22);2,4,6-7,9-11H,3,5,8H2,1H3,(H,18,19);1,3,5-7H,2,4H2;2-4H,1H3,(H2,8,9). The van der Waals surface area contributed by atoms with Gasteiger partial charge in [-0.15, -0.1) is 0 Å². The minimum absolute atomic E-state index is 0.229. The van der Waals surface area contributed by atoms with Crippen LogP contribution < -0.4 is 21.8 Å². The Hall–Kier alpha value is -6.58. The van der Waals surface area contributed by atoms with Gasteiger partial charge < -0.3 is 30.6 Å². The minimum Gasteiger partial charge on any atom is -0.464 e. The maximum atomic E-state index is 11.8. The van der Waals surface area contributed by atoms with E-state index in [1.807, 2.05) is 72.8 Å². The highest BCUT2D eigenvalue weighted by molar-refractivity contribution is 6.31. The molecule has 1 amide bonds. The highest BCUT2D eigenvalue weighted by Gasteiger charge is 2.09. The zero-order valence-corrected chi connectivity index (χ0v) is 39.2. The van der Waals surface area contributed by atoms with Gasteiger partial charge in [0.05, 0.1) is 20.8 Å². The van der Waals surface area contributed by atoms with Crippen molar-refractivity contribution in [3.63, 3.8) is 0 Å². The molecular weight excluding hydrogens is 905 g/mol. The maximum absolute atomic E-state index is 11.8. The molecule has 66 heavy (non-hydrogen) atoms. The molecule has 17 heteroatoms. The monoisotopic (exact) mass is 957 g/mol. The summed E-state index contributed by atoms with van der Waals surface area (Å²) in [6.45, 7) is 3.80. The number of ether oxygens (including phenoxy) is 2. The molecule has 3 heterocycles. The van der Waals surface area contributed by atoms with Crippen LogP contribution in [0.4, 0.5) is 17.1 Å². The summed E-state index contributed by atoms with van der Waals surface area (Å²) in [4.78, 5) is 60.6. The number of aromatic nitrogens is 3. The quantitative estimate of drug-likeness (QED) is 0.0275. The van der Waals surface area contributed by atoms with Gasteiger partial charge in [0.25, 0.3) is 5.91 Å². The van der Waals surface area contributed by atoms with Crippen LogP contribution in [0.2, 0.25) is 15.1 Å². The summed E-state index contributed by atoms with van der Waals surface area (Å²) in [5.74, 6) is -1.26. The average Bonchev–Trinajstić information content (AvgIpc) is 3.33. The van der Waals surface area contributed by atoms with Gasteiger partial charge in [0, 0.05) is 70.2 Å². The molecule has 0 bridgehead atoms. The third-order valence-corrected chi connectivity index (χ3v) is 9.50. The minimum atomic E-state index is -0.475. The van der Waals surface area contributed by atoms with Crippen LogP contribution in [0.5, 0.6) is 0 Å². The summed E-state index contributed by atoms with van der Waals surface area (Å²) >= 11 is 17.6. The number of anilines is 3. The highest BCUT2D eigenvalue weighted by Crippen LogP contribution is 2.16. The number of benzene rings is 3. The largest absolute Gasteiger partial charge is 0.464 e. The molecule has 0 aliphatic rings. The first-order valence-electron chi connectivity index (χ1n) is 20.8. The fraction of sp³-hybridized carbons (Fsp3) is 0.245. The third-order valence-electron chi connectivity index (χ3n) is 8.80. The van der Waals surface area contributed by atoms with Gasteiger partial charge in [0.2, 0.25) is 0 Å². The smallest absolute Gasteiger partial charge is 0.356 e. The molecule has 0 radical (unpaired) electrons. The van der Waals surface area contributed by atoms with Crippen molar-refractivity contribution >= 4 is 76.0 Å². The molecule has 0 saturated heterocycles. The van der Waals surface area contributed by atoms with E-state index in [0.29, 0.717) is 30.1 Å². The van der Waals surface area contributed by atoms with Crippen molar-refractivity contribution in [2.24, 2.45) is 0 Å². The molecule has 0 fully saturated rings. The molecule has 0 aliphatic carbocycles. The Bertz CT molecular complexity index is 2430. The zero-order chi connectivity index (χ0) is 47.9. The first-order valence-corrected chi connectivity index (χ1v) is 21.9. The SMILES string of the molecule is CCONC(=O)c1cc(NCCCc2cccc(Cl)c2)ccn1.COC(=O)c1cc(N)ccn1.COC(=O)c1cc(NCCCc2cccc(Cl)c2)ccn1.O=CCCc1cccc(Cl)c1. The number of nitrogens with one attached hydrogen (secondary N) is 3. The second-order valence-corrected chi connectivity index (χ2v) is 15.1. The van der Waals surface area contributed by atoms with Crippen LogP contribution in [0.3, 0.4) is 0 Å². The normalized spacial score (nSPS) is 9.97. The first-order chi connectivity index (χ1) is 31.9. The number of hydrogen-bond acceptors (Lipinski definition) is 13. The van der Waals surface area contributed by atoms with Gasteiger partial charge in [-0.05, 0) is 129 Å². The van der Waals surface area contributed by atoms with E-state index in [1.54, 1.807) is 37.5 Å². The molecule has 0 spiro atoms. The van der Waals surface area contributed by atoms with Crippen LogP contribution in [0.15, 0.2) is 128 Å². The summed E-state index contributed by atoms with van der Waals surface area (Å²) in [7, 11) is 2.64. The Morgan fingerprint density at radius 2 is 1.05 bits per heavy atom. The van der Waals surface area contributed by atoms with Crippen molar-refractivity contribution in [2.75, 3.05) is 50.3 Å². The number of rotatable bonds is 18. The average molecular weight is 959 g/mol. The van der Waals surface area contributed by atoms with E-state index in [9.17, 15) is 19.2 Å².